The third-order valence-electron chi connectivity index (χ3n) is 4.44. The molecule has 0 unspecified atom stereocenters. The first kappa shape index (κ1) is 16.0. The lowest BCUT2D eigenvalue weighted by Crippen LogP contribution is -2.47. The Labute approximate surface area is 126 Å². The van der Waals surface area contributed by atoms with Crippen LogP contribution in [0.1, 0.15) is 30.9 Å². The number of hydrogen-bond donors (Lipinski definition) is 2. The number of aryl methyl sites for hydroxylation is 2. The molecule has 1 aliphatic rings. The number of nitrogens with two attached hydrogens (primary N) is 1. The maximum Gasteiger partial charge on any atom is 0.243 e. The van der Waals surface area contributed by atoms with E-state index >= 15 is 0 Å². The zero-order chi connectivity index (χ0) is 15.8. The third-order valence-corrected chi connectivity index (χ3v) is 6.48. The Morgan fingerprint density at radius 2 is 1.86 bits per heavy atom. The van der Waals surface area contributed by atoms with Crippen molar-refractivity contribution in [1.29, 1.82) is 5.41 Å². The van der Waals surface area contributed by atoms with Gasteiger partial charge < -0.3 is 5.73 Å². The molecule has 1 aromatic carbocycles. The van der Waals surface area contributed by atoms with Crippen molar-refractivity contribution in [3.05, 3.63) is 29.3 Å². The number of nitrogens with zero attached hydrogens (tertiary/aromatic N) is 1. The zero-order valence-corrected chi connectivity index (χ0v) is 13.6. The molecule has 0 spiro atoms. The summed E-state index contributed by atoms with van der Waals surface area (Å²) in [5.41, 5.74) is 6.94. The number of hydrogen-bond acceptors (Lipinski definition) is 3. The van der Waals surface area contributed by atoms with Gasteiger partial charge in [-0.2, -0.15) is 4.31 Å². The quantitative estimate of drug-likeness (QED) is 0.661. The number of amidine groups is 1. The number of nitrogens with one attached hydrogen (secondary N) is 1. The van der Waals surface area contributed by atoms with Crippen LogP contribution in [0.3, 0.4) is 0 Å². The third kappa shape index (κ3) is 2.96. The van der Waals surface area contributed by atoms with Gasteiger partial charge in [0.1, 0.15) is 0 Å². The Morgan fingerprint density at radius 3 is 2.38 bits per heavy atom. The Morgan fingerprint density at radius 1 is 1.29 bits per heavy atom. The average molecular weight is 309 g/mol. The van der Waals surface area contributed by atoms with E-state index in [2.05, 4.69) is 0 Å². The molecular formula is C15H23N3O2S. The predicted molar refractivity (Wildman–Crippen MR) is 83.9 cm³/mol. The van der Waals surface area contributed by atoms with Gasteiger partial charge in [-0.1, -0.05) is 19.1 Å². The molecule has 0 amide bonds. The molecule has 3 N–H and O–H groups in total. The smallest absolute Gasteiger partial charge is 0.243 e. The Balaban J connectivity index is 2.27. The second kappa shape index (κ2) is 5.42. The van der Waals surface area contributed by atoms with Gasteiger partial charge in [0.05, 0.1) is 10.7 Å². The topological polar surface area (TPSA) is 87.2 Å². The Kier molecular flexibility index (Phi) is 4.13. The van der Waals surface area contributed by atoms with Crippen molar-refractivity contribution in [2.45, 2.75) is 38.5 Å². The minimum absolute atomic E-state index is 0.145. The fourth-order valence-electron chi connectivity index (χ4n) is 2.61. The van der Waals surface area contributed by atoms with Crippen LogP contribution in [0, 0.1) is 24.7 Å². The molecule has 1 heterocycles. The van der Waals surface area contributed by atoms with Crippen molar-refractivity contribution < 1.29 is 8.42 Å². The summed E-state index contributed by atoms with van der Waals surface area (Å²) in [7, 11) is -3.47. The van der Waals surface area contributed by atoms with Crippen molar-refractivity contribution in [3.63, 3.8) is 0 Å². The van der Waals surface area contributed by atoms with Gasteiger partial charge in [-0.05, 0) is 43.9 Å². The van der Waals surface area contributed by atoms with Crippen LogP contribution in [0.4, 0.5) is 0 Å². The first-order chi connectivity index (χ1) is 9.67. The highest BCUT2D eigenvalue weighted by Gasteiger charge is 2.37. The summed E-state index contributed by atoms with van der Waals surface area (Å²) >= 11 is 0. The fraction of sp³-hybridized carbons (Fsp3) is 0.533. The summed E-state index contributed by atoms with van der Waals surface area (Å²) in [5.74, 6) is 0.145. The summed E-state index contributed by atoms with van der Waals surface area (Å²) in [5, 5.41) is 7.64. The van der Waals surface area contributed by atoms with Crippen LogP contribution < -0.4 is 5.73 Å². The molecule has 116 valence electrons. The minimum atomic E-state index is -3.47. The molecule has 0 atom stereocenters. The van der Waals surface area contributed by atoms with Crippen molar-refractivity contribution in [1.82, 2.24) is 4.31 Å². The van der Waals surface area contributed by atoms with Crippen LogP contribution >= 0.6 is 0 Å². The van der Waals surface area contributed by atoms with Crippen LogP contribution in [0.15, 0.2) is 23.1 Å². The molecule has 5 nitrogen and oxygen atoms in total. The second-order valence-corrected chi connectivity index (χ2v) is 8.05. The van der Waals surface area contributed by atoms with Gasteiger partial charge in [-0.25, -0.2) is 8.42 Å². The molecule has 1 aliphatic heterocycles. The van der Waals surface area contributed by atoms with Gasteiger partial charge in [0.25, 0.3) is 0 Å². The lowest BCUT2D eigenvalue weighted by Gasteiger charge is -2.38. The van der Waals surface area contributed by atoms with E-state index in [4.69, 9.17) is 11.1 Å². The van der Waals surface area contributed by atoms with Gasteiger partial charge in [0.15, 0.2) is 0 Å². The van der Waals surface area contributed by atoms with E-state index < -0.39 is 10.0 Å². The van der Waals surface area contributed by atoms with E-state index in [1.807, 2.05) is 32.9 Å². The second-order valence-electron chi connectivity index (χ2n) is 6.15. The normalized spacial score (nSPS) is 19.4. The Hall–Kier alpha value is -1.40. The highest BCUT2D eigenvalue weighted by atomic mass is 32.2. The highest BCUT2D eigenvalue weighted by Crippen LogP contribution is 2.33. The van der Waals surface area contributed by atoms with Crippen molar-refractivity contribution in [2.75, 3.05) is 13.1 Å². The van der Waals surface area contributed by atoms with Gasteiger partial charge in [-0.3, -0.25) is 5.41 Å². The molecule has 2 rings (SSSR count). The van der Waals surface area contributed by atoms with Crippen LogP contribution in [0.25, 0.3) is 0 Å². The van der Waals surface area contributed by atoms with E-state index in [1.54, 1.807) is 6.07 Å². The van der Waals surface area contributed by atoms with E-state index in [0.29, 0.717) is 30.8 Å². The lowest BCUT2D eigenvalue weighted by atomic mass is 9.80. The fourth-order valence-corrected chi connectivity index (χ4v) is 4.36. The van der Waals surface area contributed by atoms with Crippen LogP contribution in [-0.2, 0) is 10.0 Å². The number of benzene rings is 1. The van der Waals surface area contributed by atoms with Gasteiger partial charge >= 0.3 is 0 Å². The molecule has 0 saturated carbocycles. The van der Waals surface area contributed by atoms with Crippen LogP contribution in [0.5, 0.6) is 0 Å². The first-order valence-electron chi connectivity index (χ1n) is 7.09. The van der Waals surface area contributed by atoms with Crippen molar-refractivity contribution in [3.8, 4) is 0 Å². The SMILES string of the molecule is Cc1ccc(C)c(S(=O)(=O)N2CCC(C)(C(=N)N)CC2)c1. The molecular weight excluding hydrogens is 286 g/mol. The van der Waals surface area contributed by atoms with Gasteiger partial charge in [-0.15, -0.1) is 0 Å². The maximum absolute atomic E-state index is 12.8. The van der Waals surface area contributed by atoms with Gasteiger partial charge in [0.2, 0.25) is 10.0 Å². The lowest BCUT2D eigenvalue weighted by molar-refractivity contribution is 0.240. The summed E-state index contributed by atoms with van der Waals surface area (Å²) in [6, 6.07) is 5.48. The minimum Gasteiger partial charge on any atom is -0.387 e. The molecule has 1 fully saturated rings. The van der Waals surface area contributed by atoms with E-state index in [0.717, 1.165) is 11.1 Å². The number of sulfonamides is 1. The van der Waals surface area contributed by atoms with E-state index in [9.17, 15) is 8.42 Å². The van der Waals surface area contributed by atoms with Crippen LogP contribution in [0.2, 0.25) is 0 Å². The summed E-state index contributed by atoms with van der Waals surface area (Å²) in [6.07, 6.45) is 1.18. The monoisotopic (exact) mass is 309 g/mol. The number of rotatable bonds is 3. The first-order valence-corrected chi connectivity index (χ1v) is 8.53. The maximum atomic E-state index is 12.8. The van der Waals surface area contributed by atoms with Gasteiger partial charge in [0, 0.05) is 18.5 Å². The molecule has 21 heavy (non-hydrogen) atoms. The Bertz CT molecular complexity index is 659. The van der Waals surface area contributed by atoms with Crippen LogP contribution in [-0.4, -0.2) is 31.6 Å². The van der Waals surface area contributed by atoms with Crippen molar-refractivity contribution >= 4 is 15.9 Å². The molecule has 0 radical (unpaired) electrons. The standard InChI is InChI=1S/C15H23N3O2S/c1-11-4-5-12(2)13(10-11)21(19,20)18-8-6-15(3,7-9-18)14(16)17/h4-5,10H,6-9H2,1-3H3,(H3,16,17). The molecule has 0 aliphatic carbocycles. The summed E-state index contributed by atoms with van der Waals surface area (Å²) < 4.78 is 27.1. The zero-order valence-electron chi connectivity index (χ0n) is 12.8. The molecule has 0 bridgehead atoms. The highest BCUT2D eigenvalue weighted by molar-refractivity contribution is 7.89. The van der Waals surface area contributed by atoms with E-state index in [-0.39, 0.29) is 11.3 Å². The molecule has 1 aromatic rings. The molecule has 6 heteroatoms. The summed E-state index contributed by atoms with van der Waals surface area (Å²) in [6.45, 7) is 6.45. The molecule has 1 saturated heterocycles. The average Bonchev–Trinajstić information content (AvgIpc) is 2.41. The summed E-state index contributed by atoms with van der Waals surface area (Å²) in [4.78, 5) is 0.383. The van der Waals surface area contributed by atoms with E-state index in [1.165, 1.54) is 4.31 Å². The molecule has 0 aromatic heterocycles. The number of piperidine rings is 1. The van der Waals surface area contributed by atoms with Crippen molar-refractivity contribution in [2.24, 2.45) is 11.1 Å². The predicted octanol–water partition coefficient (Wildman–Crippen LogP) is 2.03. The largest absolute Gasteiger partial charge is 0.387 e.